The molecular weight excluding hydrogens is 522 g/mol. The maximum atomic E-state index is 14.8. The molecule has 2 fully saturated rings. The van der Waals surface area contributed by atoms with Gasteiger partial charge in [0.1, 0.15) is 24.4 Å². The fraction of sp³-hybridized carbons (Fsp3) is 0.448. The van der Waals surface area contributed by atoms with Gasteiger partial charge in [0.25, 0.3) is 11.5 Å². The zero-order chi connectivity index (χ0) is 28.4. The highest BCUT2D eigenvalue weighted by Gasteiger charge is 2.60. The van der Waals surface area contributed by atoms with Crippen molar-refractivity contribution < 1.29 is 27.8 Å². The number of pyridine rings is 1. The van der Waals surface area contributed by atoms with Crippen LogP contribution >= 0.6 is 0 Å². The van der Waals surface area contributed by atoms with Gasteiger partial charge in [0.05, 0.1) is 6.20 Å². The lowest BCUT2D eigenvalue weighted by Crippen LogP contribution is -2.53. The van der Waals surface area contributed by atoms with Crippen molar-refractivity contribution in [3.63, 3.8) is 0 Å². The van der Waals surface area contributed by atoms with Gasteiger partial charge in [-0.1, -0.05) is 12.1 Å². The van der Waals surface area contributed by atoms with E-state index in [0.29, 0.717) is 5.88 Å². The molecule has 2 bridgehead atoms. The summed E-state index contributed by atoms with van der Waals surface area (Å²) in [4.78, 5) is 30.4. The molecule has 5 heterocycles. The molecule has 1 amide bonds. The quantitative estimate of drug-likeness (QED) is 0.453. The van der Waals surface area contributed by atoms with Crippen molar-refractivity contribution in [1.82, 2.24) is 19.7 Å². The summed E-state index contributed by atoms with van der Waals surface area (Å²) in [6.45, 7) is 5.42. The molecular formula is C29H30F2N4O5. The van der Waals surface area contributed by atoms with Crippen molar-refractivity contribution in [2.45, 2.75) is 76.4 Å². The highest BCUT2D eigenvalue weighted by molar-refractivity contribution is 5.77. The number of nitrogens with zero attached hydrogens (tertiary/aromatic N) is 4. The van der Waals surface area contributed by atoms with Gasteiger partial charge < -0.3 is 14.2 Å². The van der Waals surface area contributed by atoms with Crippen LogP contribution < -0.4 is 15.0 Å². The monoisotopic (exact) mass is 552 g/mol. The van der Waals surface area contributed by atoms with Crippen molar-refractivity contribution >= 4 is 6.09 Å². The molecule has 0 aliphatic carbocycles. The minimum atomic E-state index is -3.02. The maximum absolute atomic E-state index is 14.8. The average Bonchev–Trinajstić information content (AvgIpc) is 3.05. The molecule has 6 rings (SSSR count). The molecule has 3 aliphatic heterocycles. The number of halogens is 2. The van der Waals surface area contributed by atoms with Gasteiger partial charge >= 0.3 is 6.09 Å². The summed E-state index contributed by atoms with van der Waals surface area (Å²) in [5.74, 6) is -2.34. The number of aryl methyl sites for hydroxylation is 1. The van der Waals surface area contributed by atoms with Crippen LogP contribution in [0.3, 0.4) is 0 Å². The van der Waals surface area contributed by atoms with E-state index < -0.39 is 42.2 Å². The number of amides is 1. The molecule has 3 aliphatic rings. The summed E-state index contributed by atoms with van der Waals surface area (Å²) in [7, 11) is 1.60. The fourth-order valence-electron chi connectivity index (χ4n) is 5.73. The maximum Gasteiger partial charge on any atom is 0.411 e. The highest BCUT2D eigenvalue weighted by atomic mass is 19.3. The standard InChI is InChI=1S/C29H30F2N4O5/c1-28(2,3)40-27(37)35-19-11-20(12-23(35)29(30,31)13-19)39-24-8-7-22-21-6-5-16(9-18(21)15-38-26(22)33-24)17-10-25(36)34(4)32-14-17/h5-10,14,19-20,23H,11-13,15H2,1-4H3. The minimum Gasteiger partial charge on any atom is -0.474 e. The number of carbonyl (C=O) groups excluding carboxylic acids is 1. The van der Waals surface area contributed by atoms with Gasteiger partial charge in [0.2, 0.25) is 11.8 Å². The Balaban J connectivity index is 1.19. The number of ether oxygens (including phenoxy) is 3. The third kappa shape index (κ3) is 4.77. The molecule has 3 unspecified atom stereocenters. The second kappa shape index (κ2) is 9.28. The molecule has 3 atom stereocenters. The molecule has 2 aromatic heterocycles. The summed E-state index contributed by atoms with van der Waals surface area (Å²) in [6.07, 6.45) is 0.222. The van der Waals surface area contributed by atoms with E-state index in [-0.39, 0.29) is 30.9 Å². The number of aromatic nitrogens is 3. The Kier molecular flexibility index (Phi) is 6.08. The Bertz CT molecular complexity index is 1550. The van der Waals surface area contributed by atoms with Crippen LogP contribution in [0, 0.1) is 0 Å². The van der Waals surface area contributed by atoms with Crippen molar-refractivity contribution in [2.75, 3.05) is 0 Å². The minimum absolute atomic E-state index is 0.0224. The van der Waals surface area contributed by atoms with Crippen LogP contribution in [-0.4, -0.2) is 55.5 Å². The topological polar surface area (TPSA) is 95.8 Å². The Morgan fingerprint density at radius 1 is 1.10 bits per heavy atom. The first kappa shape index (κ1) is 26.2. The van der Waals surface area contributed by atoms with Gasteiger partial charge in [-0.15, -0.1) is 0 Å². The van der Waals surface area contributed by atoms with Gasteiger partial charge in [-0.3, -0.25) is 9.69 Å². The molecule has 210 valence electrons. The van der Waals surface area contributed by atoms with Crippen molar-refractivity contribution in [2.24, 2.45) is 7.05 Å². The molecule has 9 nitrogen and oxygen atoms in total. The highest BCUT2D eigenvalue weighted by Crippen LogP contribution is 2.47. The van der Waals surface area contributed by atoms with Crippen molar-refractivity contribution in [3.05, 3.63) is 58.5 Å². The summed E-state index contributed by atoms with van der Waals surface area (Å²) in [5.41, 5.74) is 3.28. The molecule has 3 aromatic rings. The van der Waals surface area contributed by atoms with Crippen LogP contribution in [0.25, 0.3) is 22.3 Å². The third-order valence-corrected chi connectivity index (χ3v) is 7.53. The lowest BCUT2D eigenvalue weighted by Gasteiger charge is -2.39. The molecule has 1 aromatic carbocycles. The zero-order valence-corrected chi connectivity index (χ0v) is 22.7. The smallest absolute Gasteiger partial charge is 0.411 e. The van der Waals surface area contributed by atoms with Crippen LogP contribution in [0.1, 0.15) is 45.6 Å². The van der Waals surface area contributed by atoms with Crippen LogP contribution in [0.4, 0.5) is 13.6 Å². The number of piperidine rings is 1. The first-order valence-corrected chi connectivity index (χ1v) is 13.2. The number of fused-ring (bicyclic) bond motifs is 5. The number of benzene rings is 1. The second-order valence-electron chi connectivity index (χ2n) is 11.6. The van der Waals surface area contributed by atoms with Gasteiger partial charge in [-0.2, -0.15) is 10.1 Å². The van der Waals surface area contributed by atoms with Crippen LogP contribution in [0.2, 0.25) is 0 Å². The average molecular weight is 553 g/mol. The van der Waals surface area contributed by atoms with Crippen molar-refractivity contribution in [1.29, 1.82) is 0 Å². The van der Waals surface area contributed by atoms with E-state index in [9.17, 15) is 18.4 Å². The Morgan fingerprint density at radius 2 is 1.88 bits per heavy atom. The lowest BCUT2D eigenvalue weighted by molar-refractivity contribution is -0.0608. The van der Waals surface area contributed by atoms with E-state index in [1.165, 1.54) is 15.6 Å². The number of rotatable bonds is 3. The van der Waals surface area contributed by atoms with Gasteiger partial charge in [0, 0.05) is 55.6 Å². The van der Waals surface area contributed by atoms with Crippen molar-refractivity contribution in [3.8, 4) is 34.0 Å². The van der Waals surface area contributed by atoms with Crippen LogP contribution in [0.15, 0.2) is 47.4 Å². The number of hydrogen-bond acceptors (Lipinski definition) is 7. The predicted molar refractivity (Wildman–Crippen MR) is 141 cm³/mol. The fourth-order valence-corrected chi connectivity index (χ4v) is 5.73. The molecule has 0 radical (unpaired) electrons. The third-order valence-electron chi connectivity index (χ3n) is 7.53. The molecule has 0 saturated carbocycles. The lowest BCUT2D eigenvalue weighted by atomic mass is 9.95. The van der Waals surface area contributed by atoms with Crippen LogP contribution in [-0.2, 0) is 18.4 Å². The first-order valence-electron chi connectivity index (χ1n) is 13.2. The van der Waals surface area contributed by atoms with E-state index in [4.69, 9.17) is 14.2 Å². The molecule has 40 heavy (non-hydrogen) atoms. The Morgan fingerprint density at radius 3 is 2.60 bits per heavy atom. The van der Waals surface area contributed by atoms with E-state index in [2.05, 4.69) is 10.1 Å². The number of carbonyl (C=O) groups is 1. The summed E-state index contributed by atoms with van der Waals surface area (Å²) < 4.78 is 48.3. The Labute approximate surface area is 229 Å². The van der Waals surface area contributed by atoms with Gasteiger partial charge in [-0.25, -0.2) is 18.3 Å². The summed E-state index contributed by atoms with van der Waals surface area (Å²) >= 11 is 0. The largest absolute Gasteiger partial charge is 0.474 e. The molecule has 2 saturated heterocycles. The SMILES string of the molecule is Cn1ncc(-c2ccc3c(c2)COc2nc(OC4CC5CC(F)(F)C(C4)N5C(=O)OC(C)(C)C)ccc2-3)cc1=O. The van der Waals surface area contributed by atoms with E-state index >= 15 is 0 Å². The van der Waals surface area contributed by atoms with Crippen LogP contribution in [0.5, 0.6) is 11.8 Å². The first-order chi connectivity index (χ1) is 18.9. The van der Waals surface area contributed by atoms with Gasteiger partial charge in [-0.05, 0) is 49.6 Å². The Hall–Kier alpha value is -4.02. The second-order valence-corrected chi connectivity index (χ2v) is 11.6. The molecule has 0 N–H and O–H groups in total. The number of hydrogen-bond donors (Lipinski definition) is 0. The van der Waals surface area contributed by atoms with E-state index in [0.717, 1.165) is 27.8 Å². The summed E-state index contributed by atoms with van der Waals surface area (Å²) in [6, 6.07) is 8.96. The zero-order valence-electron chi connectivity index (χ0n) is 22.7. The molecule has 0 spiro atoms. The normalized spacial score (nSPS) is 22.6. The van der Waals surface area contributed by atoms with E-state index in [1.54, 1.807) is 40.1 Å². The molecule has 11 heteroatoms. The summed E-state index contributed by atoms with van der Waals surface area (Å²) in [5, 5.41) is 4.09. The predicted octanol–water partition coefficient (Wildman–Crippen LogP) is 4.96. The number of alkyl halides is 2. The van der Waals surface area contributed by atoms with Gasteiger partial charge in [0.15, 0.2) is 0 Å². The van der Waals surface area contributed by atoms with E-state index in [1.807, 2.05) is 24.3 Å².